The van der Waals surface area contributed by atoms with Crippen LogP contribution >= 0.6 is 0 Å². The summed E-state index contributed by atoms with van der Waals surface area (Å²) in [5.41, 5.74) is 3.86. The molecule has 4 unspecified atom stereocenters. The van der Waals surface area contributed by atoms with Crippen LogP contribution < -0.4 is 0 Å². The first-order valence-corrected chi connectivity index (χ1v) is 8.97. The molecule has 4 atom stereocenters. The lowest BCUT2D eigenvalue weighted by molar-refractivity contribution is 0.611. The standard InChI is InChI=1S/C19H19FOS/c1-12-3-9-18-14(11-12)4-10-17-13(2)19(17,18)22(21)16-7-5-15(20)6-8-16/h3,5-9,11,13,17H,4,10H2,1-2H3. The Balaban J connectivity index is 1.84. The van der Waals surface area contributed by atoms with Crippen molar-refractivity contribution in [1.29, 1.82) is 0 Å². The van der Waals surface area contributed by atoms with E-state index in [2.05, 4.69) is 32.0 Å². The Hall–Kier alpha value is -1.48. The van der Waals surface area contributed by atoms with Gasteiger partial charge in [-0.2, -0.15) is 0 Å². The van der Waals surface area contributed by atoms with Gasteiger partial charge < -0.3 is 0 Å². The molecule has 2 aromatic carbocycles. The largest absolute Gasteiger partial charge is 0.253 e. The molecule has 0 radical (unpaired) electrons. The van der Waals surface area contributed by atoms with E-state index in [9.17, 15) is 8.60 Å². The average Bonchev–Trinajstić information content (AvgIpc) is 3.13. The molecule has 1 nitrogen and oxygen atoms in total. The van der Waals surface area contributed by atoms with Gasteiger partial charge in [-0.3, -0.25) is 4.21 Å². The van der Waals surface area contributed by atoms with E-state index in [1.807, 2.05) is 0 Å². The van der Waals surface area contributed by atoms with Crippen molar-refractivity contribution in [2.24, 2.45) is 11.8 Å². The van der Waals surface area contributed by atoms with Crippen molar-refractivity contribution in [3.05, 3.63) is 65.0 Å². The number of fused-ring (bicyclic) bond motifs is 3. The molecule has 22 heavy (non-hydrogen) atoms. The molecular formula is C19H19FOS. The molecule has 0 amide bonds. The Morgan fingerprint density at radius 2 is 1.91 bits per heavy atom. The van der Waals surface area contributed by atoms with E-state index in [0.29, 0.717) is 11.8 Å². The zero-order valence-electron chi connectivity index (χ0n) is 12.8. The molecule has 1 fully saturated rings. The summed E-state index contributed by atoms with van der Waals surface area (Å²) in [6.45, 7) is 4.31. The molecule has 0 aromatic heterocycles. The second-order valence-corrected chi connectivity index (χ2v) is 8.29. The van der Waals surface area contributed by atoms with Crippen molar-refractivity contribution >= 4 is 10.8 Å². The number of rotatable bonds is 2. The third-order valence-electron chi connectivity index (χ3n) is 5.46. The van der Waals surface area contributed by atoms with Crippen LogP contribution in [0, 0.1) is 24.6 Å². The highest BCUT2D eigenvalue weighted by Gasteiger charge is 2.68. The number of halogens is 1. The summed E-state index contributed by atoms with van der Waals surface area (Å²) in [6, 6.07) is 12.7. The van der Waals surface area contributed by atoms with Crippen LogP contribution in [0.3, 0.4) is 0 Å². The van der Waals surface area contributed by atoms with E-state index in [1.165, 1.54) is 28.8 Å². The van der Waals surface area contributed by atoms with Crippen LogP contribution in [-0.4, -0.2) is 4.21 Å². The van der Waals surface area contributed by atoms with Gasteiger partial charge in [-0.1, -0.05) is 30.7 Å². The third kappa shape index (κ3) is 1.78. The third-order valence-corrected chi connectivity index (χ3v) is 7.67. The van der Waals surface area contributed by atoms with Gasteiger partial charge >= 0.3 is 0 Å². The molecule has 114 valence electrons. The predicted octanol–water partition coefficient (Wildman–Crippen LogP) is 4.35. The zero-order chi connectivity index (χ0) is 15.5. The summed E-state index contributed by atoms with van der Waals surface area (Å²) in [4.78, 5) is 0.740. The molecule has 0 bridgehead atoms. The minimum atomic E-state index is -1.13. The van der Waals surface area contributed by atoms with Gasteiger partial charge in [0.15, 0.2) is 0 Å². The van der Waals surface area contributed by atoms with Crippen molar-refractivity contribution < 1.29 is 8.60 Å². The van der Waals surface area contributed by atoms with Crippen molar-refractivity contribution in [3.8, 4) is 0 Å². The van der Waals surface area contributed by atoms with Gasteiger partial charge in [-0.15, -0.1) is 0 Å². The average molecular weight is 314 g/mol. The summed E-state index contributed by atoms with van der Waals surface area (Å²) >= 11 is 0. The molecule has 3 heteroatoms. The van der Waals surface area contributed by atoms with E-state index >= 15 is 0 Å². The van der Waals surface area contributed by atoms with Crippen molar-refractivity contribution in [1.82, 2.24) is 0 Å². The van der Waals surface area contributed by atoms with Crippen LogP contribution in [0.1, 0.15) is 30.0 Å². The molecule has 0 spiro atoms. The topological polar surface area (TPSA) is 17.1 Å². The second kappa shape index (κ2) is 4.76. The SMILES string of the molecule is Cc1ccc2c(c1)CCC1C(C)C21S(=O)c1ccc(F)cc1. The Kier molecular flexibility index (Phi) is 3.06. The molecule has 4 rings (SSSR count). The number of hydrogen-bond donors (Lipinski definition) is 0. The quantitative estimate of drug-likeness (QED) is 0.805. The van der Waals surface area contributed by atoms with E-state index in [4.69, 9.17) is 0 Å². The summed E-state index contributed by atoms with van der Waals surface area (Å²) in [5, 5.41) is 0. The van der Waals surface area contributed by atoms with Crippen LogP contribution in [-0.2, 0) is 22.0 Å². The lowest BCUT2D eigenvalue weighted by atomic mass is 9.90. The molecule has 2 aliphatic rings. The van der Waals surface area contributed by atoms with Crippen LogP contribution in [0.5, 0.6) is 0 Å². The fourth-order valence-corrected chi connectivity index (χ4v) is 6.51. The molecule has 2 aromatic rings. The summed E-state index contributed by atoms with van der Waals surface area (Å²) in [7, 11) is -1.13. The maximum Gasteiger partial charge on any atom is 0.123 e. The number of aryl methyl sites for hydroxylation is 2. The summed E-state index contributed by atoms with van der Waals surface area (Å²) in [6.07, 6.45) is 2.18. The molecule has 2 aliphatic carbocycles. The van der Waals surface area contributed by atoms with E-state index in [0.717, 1.165) is 17.7 Å². The van der Waals surface area contributed by atoms with Crippen LogP contribution in [0.15, 0.2) is 47.4 Å². The summed E-state index contributed by atoms with van der Waals surface area (Å²) < 4.78 is 26.2. The van der Waals surface area contributed by atoms with Crippen molar-refractivity contribution in [2.75, 3.05) is 0 Å². The number of hydrogen-bond acceptors (Lipinski definition) is 1. The molecular weight excluding hydrogens is 295 g/mol. The van der Waals surface area contributed by atoms with E-state index in [-0.39, 0.29) is 10.6 Å². The van der Waals surface area contributed by atoms with Gasteiger partial charge in [0.25, 0.3) is 0 Å². The van der Waals surface area contributed by atoms with Crippen LogP contribution in [0.2, 0.25) is 0 Å². The highest BCUT2D eigenvalue weighted by molar-refractivity contribution is 7.86. The van der Waals surface area contributed by atoms with Crippen LogP contribution in [0.4, 0.5) is 4.39 Å². The van der Waals surface area contributed by atoms with Gasteiger partial charge in [0.1, 0.15) is 5.82 Å². The molecule has 1 saturated carbocycles. The van der Waals surface area contributed by atoms with E-state index < -0.39 is 10.8 Å². The maximum absolute atomic E-state index is 13.3. The van der Waals surface area contributed by atoms with E-state index in [1.54, 1.807) is 12.1 Å². The Morgan fingerprint density at radius 1 is 1.18 bits per heavy atom. The minimum Gasteiger partial charge on any atom is -0.253 e. The normalized spacial score (nSPS) is 30.3. The second-order valence-electron chi connectivity index (χ2n) is 6.61. The Morgan fingerprint density at radius 3 is 2.64 bits per heavy atom. The van der Waals surface area contributed by atoms with Gasteiger partial charge in [0.05, 0.1) is 15.5 Å². The van der Waals surface area contributed by atoms with Crippen molar-refractivity contribution in [3.63, 3.8) is 0 Å². The Bertz CT molecular complexity index is 768. The first kappa shape index (κ1) is 14.1. The highest BCUT2D eigenvalue weighted by atomic mass is 32.2. The Labute approximate surface area is 133 Å². The monoisotopic (exact) mass is 314 g/mol. The fourth-order valence-electron chi connectivity index (χ4n) is 4.31. The molecule has 0 saturated heterocycles. The highest BCUT2D eigenvalue weighted by Crippen LogP contribution is 2.67. The lowest BCUT2D eigenvalue weighted by Crippen LogP contribution is -2.24. The zero-order valence-corrected chi connectivity index (χ0v) is 13.6. The fraction of sp³-hybridized carbons (Fsp3) is 0.368. The molecule has 0 aliphatic heterocycles. The first-order valence-electron chi connectivity index (χ1n) is 7.82. The van der Waals surface area contributed by atoms with Crippen LogP contribution in [0.25, 0.3) is 0 Å². The first-order chi connectivity index (χ1) is 10.5. The lowest BCUT2D eigenvalue weighted by Gasteiger charge is -2.26. The number of benzene rings is 2. The summed E-state index contributed by atoms with van der Waals surface area (Å²) in [5.74, 6) is 0.620. The smallest absolute Gasteiger partial charge is 0.123 e. The van der Waals surface area contributed by atoms with Gasteiger partial charge in [-0.05, 0) is 67.0 Å². The molecule has 0 heterocycles. The maximum atomic E-state index is 13.3. The van der Waals surface area contributed by atoms with Crippen molar-refractivity contribution in [2.45, 2.75) is 36.3 Å². The predicted molar refractivity (Wildman–Crippen MR) is 86.6 cm³/mol. The van der Waals surface area contributed by atoms with Gasteiger partial charge in [0, 0.05) is 4.90 Å². The minimum absolute atomic E-state index is 0.265. The van der Waals surface area contributed by atoms with Gasteiger partial charge in [0.2, 0.25) is 0 Å². The van der Waals surface area contributed by atoms with Gasteiger partial charge in [-0.25, -0.2) is 4.39 Å². The molecule has 0 N–H and O–H groups in total.